The lowest BCUT2D eigenvalue weighted by Crippen LogP contribution is -2.58. The van der Waals surface area contributed by atoms with Gasteiger partial charge in [-0.1, -0.05) is 6.92 Å². The second-order valence-corrected chi connectivity index (χ2v) is 5.73. The Morgan fingerprint density at radius 2 is 2.26 bits per heavy atom. The van der Waals surface area contributed by atoms with Crippen molar-refractivity contribution in [2.24, 2.45) is 0 Å². The van der Waals surface area contributed by atoms with Crippen LogP contribution in [0.25, 0.3) is 0 Å². The van der Waals surface area contributed by atoms with Gasteiger partial charge in [-0.2, -0.15) is 0 Å². The van der Waals surface area contributed by atoms with Crippen molar-refractivity contribution in [2.45, 2.75) is 44.8 Å². The molecule has 0 aromatic rings. The highest BCUT2D eigenvalue weighted by Gasteiger charge is 2.36. The average molecular weight is 269 g/mol. The molecule has 110 valence electrons. The number of esters is 1. The summed E-state index contributed by atoms with van der Waals surface area (Å²) >= 11 is 0. The number of hydrogen-bond donors (Lipinski definition) is 1. The zero-order valence-electron chi connectivity index (χ0n) is 12.4. The topological polar surface area (TPSA) is 44.8 Å². The lowest BCUT2D eigenvalue weighted by molar-refractivity contribution is -0.144. The smallest absolute Gasteiger partial charge is 0.324 e. The van der Waals surface area contributed by atoms with E-state index in [1.54, 1.807) is 0 Å². The van der Waals surface area contributed by atoms with Crippen LogP contribution in [0.1, 0.15) is 26.7 Å². The van der Waals surface area contributed by atoms with Crippen molar-refractivity contribution in [2.75, 3.05) is 39.8 Å². The summed E-state index contributed by atoms with van der Waals surface area (Å²) in [5, 5.41) is 3.23. The van der Waals surface area contributed by atoms with Gasteiger partial charge in [-0.3, -0.25) is 14.6 Å². The highest BCUT2D eigenvalue weighted by molar-refractivity contribution is 5.75. The van der Waals surface area contributed by atoms with Crippen molar-refractivity contribution >= 4 is 5.97 Å². The predicted molar refractivity (Wildman–Crippen MR) is 75.1 cm³/mol. The number of nitrogens with one attached hydrogen (secondary N) is 1. The van der Waals surface area contributed by atoms with Gasteiger partial charge in [-0.05, 0) is 32.9 Å². The second-order valence-electron chi connectivity index (χ2n) is 5.73. The first kappa shape index (κ1) is 14.8. The molecule has 2 fully saturated rings. The van der Waals surface area contributed by atoms with E-state index in [1.165, 1.54) is 26.5 Å². The number of hydrogen-bond acceptors (Lipinski definition) is 5. The first-order chi connectivity index (χ1) is 9.15. The van der Waals surface area contributed by atoms with E-state index in [0.717, 1.165) is 26.2 Å². The molecule has 2 heterocycles. The molecule has 0 radical (unpaired) electrons. The quantitative estimate of drug-likeness (QED) is 0.728. The van der Waals surface area contributed by atoms with Crippen LogP contribution < -0.4 is 5.32 Å². The van der Waals surface area contributed by atoms with Crippen LogP contribution in [0.3, 0.4) is 0 Å². The minimum absolute atomic E-state index is 0.150. The number of rotatable bonds is 5. The van der Waals surface area contributed by atoms with E-state index in [-0.39, 0.29) is 12.0 Å². The Balaban J connectivity index is 1.94. The molecule has 3 unspecified atom stereocenters. The van der Waals surface area contributed by atoms with Crippen LogP contribution in [0.4, 0.5) is 0 Å². The molecule has 5 nitrogen and oxygen atoms in total. The second kappa shape index (κ2) is 6.68. The van der Waals surface area contributed by atoms with Gasteiger partial charge in [0.15, 0.2) is 0 Å². The van der Waals surface area contributed by atoms with E-state index < -0.39 is 0 Å². The fourth-order valence-electron chi connectivity index (χ4n) is 3.35. The molecule has 0 amide bonds. The molecule has 5 heteroatoms. The van der Waals surface area contributed by atoms with Crippen LogP contribution >= 0.6 is 0 Å². The van der Waals surface area contributed by atoms with Gasteiger partial charge < -0.3 is 10.1 Å². The Hall–Kier alpha value is -0.650. The molecule has 0 bridgehead atoms. The lowest BCUT2D eigenvalue weighted by Gasteiger charge is -2.43. The molecule has 2 saturated heterocycles. The molecular formula is C14H27N3O2. The van der Waals surface area contributed by atoms with Crippen molar-refractivity contribution in [3.8, 4) is 0 Å². The Labute approximate surface area is 116 Å². The lowest BCUT2D eigenvalue weighted by atomic mass is 10.1. The molecule has 1 N–H and O–H groups in total. The van der Waals surface area contributed by atoms with Crippen LogP contribution in [0.5, 0.6) is 0 Å². The van der Waals surface area contributed by atoms with Gasteiger partial charge in [0.1, 0.15) is 6.04 Å². The van der Waals surface area contributed by atoms with E-state index >= 15 is 0 Å². The highest BCUT2D eigenvalue weighted by Crippen LogP contribution is 2.24. The maximum Gasteiger partial charge on any atom is 0.324 e. The maximum atomic E-state index is 11.8. The third-order valence-electron chi connectivity index (χ3n) is 4.42. The molecule has 0 saturated carbocycles. The molecule has 3 atom stereocenters. The van der Waals surface area contributed by atoms with E-state index in [4.69, 9.17) is 4.74 Å². The van der Waals surface area contributed by atoms with Gasteiger partial charge in [0.2, 0.25) is 0 Å². The summed E-state index contributed by atoms with van der Waals surface area (Å²) in [6.45, 7) is 9.29. The van der Waals surface area contributed by atoms with Gasteiger partial charge >= 0.3 is 5.97 Å². The standard InChI is InChI=1S/C14H27N3O2/c1-4-15-13(14(18)19-3)10-17-9-12-6-5-7-16(12)8-11(17)2/h11-13,15H,4-10H2,1-3H3. The number of piperazine rings is 1. The van der Waals surface area contributed by atoms with E-state index in [1.807, 2.05) is 6.92 Å². The maximum absolute atomic E-state index is 11.8. The normalized spacial score (nSPS) is 30.1. The molecule has 19 heavy (non-hydrogen) atoms. The van der Waals surface area contributed by atoms with Crippen LogP contribution in [0.2, 0.25) is 0 Å². The zero-order chi connectivity index (χ0) is 13.8. The van der Waals surface area contributed by atoms with Crippen molar-refractivity contribution < 1.29 is 9.53 Å². The molecule has 0 aromatic heterocycles. The average Bonchev–Trinajstić information content (AvgIpc) is 2.84. The summed E-state index contributed by atoms with van der Waals surface area (Å²) in [5.74, 6) is -0.150. The Morgan fingerprint density at radius 3 is 2.95 bits per heavy atom. The summed E-state index contributed by atoms with van der Waals surface area (Å²) < 4.78 is 4.89. The highest BCUT2D eigenvalue weighted by atomic mass is 16.5. The van der Waals surface area contributed by atoms with E-state index in [9.17, 15) is 4.79 Å². The van der Waals surface area contributed by atoms with Crippen molar-refractivity contribution in [1.29, 1.82) is 0 Å². The van der Waals surface area contributed by atoms with Crippen LogP contribution in [0.15, 0.2) is 0 Å². The molecule has 2 rings (SSSR count). The molecule has 2 aliphatic heterocycles. The molecular weight excluding hydrogens is 242 g/mol. The Morgan fingerprint density at radius 1 is 1.47 bits per heavy atom. The summed E-state index contributed by atoms with van der Waals surface area (Å²) in [4.78, 5) is 16.8. The molecule has 2 aliphatic rings. The largest absolute Gasteiger partial charge is 0.468 e. The first-order valence-corrected chi connectivity index (χ1v) is 7.45. The number of likely N-dealkylation sites (N-methyl/N-ethyl adjacent to an activating group) is 1. The van der Waals surface area contributed by atoms with Gasteiger partial charge in [0.25, 0.3) is 0 Å². The Bertz CT molecular complexity index is 311. The number of methoxy groups -OCH3 is 1. The number of carbonyl (C=O) groups excluding carboxylic acids is 1. The van der Waals surface area contributed by atoms with Crippen LogP contribution in [0, 0.1) is 0 Å². The van der Waals surface area contributed by atoms with Crippen molar-refractivity contribution in [3.63, 3.8) is 0 Å². The van der Waals surface area contributed by atoms with Gasteiger partial charge in [-0.15, -0.1) is 0 Å². The summed E-state index contributed by atoms with van der Waals surface area (Å²) in [7, 11) is 1.46. The third kappa shape index (κ3) is 3.46. The van der Waals surface area contributed by atoms with Crippen LogP contribution in [-0.4, -0.2) is 73.7 Å². The number of carbonyl (C=O) groups is 1. The number of fused-ring (bicyclic) bond motifs is 1. The predicted octanol–water partition coefficient (Wildman–Crippen LogP) is 0.306. The Kier molecular flexibility index (Phi) is 5.19. The van der Waals surface area contributed by atoms with Gasteiger partial charge in [-0.25, -0.2) is 0 Å². The fraction of sp³-hybridized carbons (Fsp3) is 0.929. The summed E-state index contributed by atoms with van der Waals surface area (Å²) in [6, 6.07) is 1.00. The summed E-state index contributed by atoms with van der Waals surface area (Å²) in [6.07, 6.45) is 2.62. The molecule has 0 aromatic carbocycles. The molecule has 0 spiro atoms. The first-order valence-electron chi connectivity index (χ1n) is 7.45. The summed E-state index contributed by atoms with van der Waals surface area (Å²) in [5.41, 5.74) is 0. The fourth-order valence-corrected chi connectivity index (χ4v) is 3.35. The molecule has 0 aliphatic carbocycles. The van der Waals surface area contributed by atoms with E-state index in [0.29, 0.717) is 12.1 Å². The number of ether oxygens (including phenoxy) is 1. The van der Waals surface area contributed by atoms with Crippen molar-refractivity contribution in [3.05, 3.63) is 0 Å². The SMILES string of the molecule is CCNC(CN1CC2CCCN2CC1C)C(=O)OC. The van der Waals surface area contributed by atoms with Crippen molar-refractivity contribution in [1.82, 2.24) is 15.1 Å². The minimum atomic E-state index is -0.203. The number of nitrogens with zero attached hydrogens (tertiary/aromatic N) is 2. The minimum Gasteiger partial charge on any atom is -0.468 e. The van der Waals surface area contributed by atoms with Gasteiger partial charge in [0, 0.05) is 31.7 Å². The van der Waals surface area contributed by atoms with E-state index in [2.05, 4.69) is 22.0 Å². The monoisotopic (exact) mass is 269 g/mol. The zero-order valence-corrected chi connectivity index (χ0v) is 12.4. The van der Waals surface area contributed by atoms with Gasteiger partial charge in [0.05, 0.1) is 7.11 Å². The third-order valence-corrected chi connectivity index (χ3v) is 4.42. The van der Waals surface area contributed by atoms with Crippen LogP contribution in [-0.2, 0) is 9.53 Å².